The van der Waals surface area contributed by atoms with E-state index in [9.17, 15) is 22.8 Å². The van der Waals surface area contributed by atoms with Crippen LogP contribution in [0.4, 0.5) is 5.13 Å². The fraction of sp³-hybridized carbons (Fsp3) is 0.500. The molecule has 13 nitrogen and oxygen atoms in total. The third-order valence-electron chi connectivity index (χ3n) is 3.98. The van der Waals surface area contributed by atoms with E-state index in [1.54, 1.807) is 6.92 Å². The Morgan fingerprint density at radius 2 is 2.10 bits per heavy atom. The minimum Gasteiger partial charge on any atom is -0.478 e. The second kappa shape index (κ2) is 7.92. The van der Waals surface area contributed by atoms with Crippen molar-refractivity contribution in [1.29, 1.82) is 0 Å². The number of hydrogen-bond acceptors (Lipinski definition) is 10. The van der Waals surface area contributed by atoms with Crippen LogP contribution in [-0.4, -0.2) is 68.5 Å². The van der Waals surface area contributed by atoms with Gasteiger partial charge in [0, 0.05) is 5.38 Å². The van der Waals surface area contributed by atoms with E-state index >= 15 is 0 Å². The van der Waals surface area contributed by atoms with Gasteiger partial charge in [-0.25, -0.2) is 14.1 Å². The monoisotopic (exact) mass is 449 g/mol. The molecule has 0 aromatic carbocycles. The number of anilines is 1. The number of nitrogens with two attached hydrogens (primary N) is 1. The van der Waals surface area contributed by atoms with Gasteiger partial charge in [0.1, 0.15) is 11.7 Å². The zero-order chi connectivity index (χ0) is 22.1. The summed E-state index contributed by atoms with van der Waals surface area (Å²) in [5.41, 5.74) is 3.29. The Morgan fingerprint density at radius 3 is 2.55 bits per heavy atom. The number of aromatic nitrogens is 1. The number of β-lactam (4-membered cyclic amide) rings is 1. The van der Waals surface area contributed by atoms with Gasteiger partial charge >= 0.3 is 16.3 Å². The molecule has 2 amide bonds. The van der Waals surface area contributed by atoms with E-state index in [4.69, 9.17) is 20.2 Å². The second-order valence-electron chi connectivity index (χ2n) is 6.46. The first-order chi connectivity index (χ1) is 13.3. The van der Waals surface area contributed by atoms with Crippen LogP contribution in [0.1, 0.15) is 32.9 Å². The van der Waals surface area contributed by atoms with Crippen molar-refractivity contribution in [2.45, 2.75) is 44.9 Å². The summed E-state index contributed by atoms with van der Waals surface area (Å²) in [7, 11) is -4.77. The van der Waals surface area contributed by atoms with Gasteiger partial charge in [-0.15, -0.1) is 11.3 Å². The fourth-order valence-electron chi connectivity index (χ4n) is 2.37. The molecular formula is C14H19N5O8S2. The molecule has 0 saturated carbocycles. The number of nitrogens with zero attached hydrogens (tertiary/aromatic N) is 3. The van der Waals surface area contributed by atoms with Crippen LogP contribution in [0.15, 0.2) is 10.5 Å². The van der Waals surface area contributed by atoms with Crippen LogP contribution in [0.3, 0.4) is 0 Å². The van der Waals surface area contributed by atoms with Crippen LogP contribution >= 0.6 is 11.3 Å². The number of nitrogens with one attached hydrogen (secondary N) is 1. The Balaban J connectivity index is 2.29. The summed E-state index contributed by atoms with van der Waals surface area (Å²) in [6.07, 6.45) is 0.120. The number of carboxylic acids is 1. The van der Waals surface area contributed by atoms with Crippen LogP contribution in [-0.2, 0) is 29.5 Å². The molecule has 1 aromatic heterocycles. The summed E-state index contributed by atoms with van der Waals surface area (Å²) in [6.45, 7) is 3.97. The zero-order valence-electron chi connectivity index (χ0n) is 15.5. The smallest absolute Gasteiger partial charge is 0.362 e. The first-order valence-corrected chi connectivity index (χ1v) is 10.4. The van der Waals surface area contributed by atoms with Crippen LogP contribution in [0.2, 0.25) is 0 Å². The molecule has 1 saturated heterocycles. The van der Waals surface area contributed by atoms with Gasteiger partial charge in [0.2, 0.25) is 5.60 Å². The molecule has 1 fully saturated rings. The van der Waals surface area contributed by atoms with Crippen LogP contribution < -0.4 is 11.1 Å². The van der Waals surface area contributed by atoms with Crippen LogP contribution in [0.5, 0.6) is 0 Å². The normalized spacial score (nSPS) is 20.2. The van der Waals surface area contributed by atoms with Crippen molar-refractivity contribution in [2.75, 3.05) is 5.73 Å². The Labute approximate surface area is 169 Å². The highest BCUT2D eigenvalue weighted by Gasteiger charge is 2.53. The average Bonchev–Trinajstić information content (AvgIpc) is 3.01. The highest BCUT2D eigenvalue weighted by Crippen LogP contribution is 2.26. The topological polar surface area (TPSA) is 202 Å². The molecule has 160 valence electrons. The Kier molecular flexibility index (Phi) is 6.15. The highest BCUT2D eigenvalue weighted by molar-refractivity contribution is 7.84. The molecule has 1 aliphatic rings. The number of thiazole rings is 1. The van der Waals surface area contributed by atoms with Gasteiger partial charge in [-0.1, -0.05) is 12.1 Å². The summed E-state index contributed by atoms with van der Waals surface area (Å²) < 4.78 is 32.0. The number of amides is 2. The van der Waals surface area contributed by atoms with E-state index in [1.165, 1.54) is 19.2 Å². The van der Waals surface area contributed by atoms with E-state index in [0.717, 1.165) is 11.3 Å². The number of aliphatic carboxylic acids is 1. The Bertz CT molecular complexity index is 970. The lowest BCUT2D eigenvalue weighted by molar-refractivity contribution is -0.161. The van der Waals surface area contributed by atoms with E-state index in [0.29, 0.717) is 0 Å². The molecule has 0 spiro atoms. The van der Waals surface area contributed by atoms with Gasteiger partial charge in [0.25, 0.3) is 11.8 Å². The molecule has 29 heavy (non-hydrogen) atoms. The minimum atomic E-state index is -4.77. The third kappa shape index (κ3) is 4.63. The molecule has 2 atom stereocenters. The Hall–Kier alpha value is -2.78. The van der Waals surface area contributed by atoms with Crippen molar-refractivity contribution in [1.82, 2.24) is 14.6 Å². The van der Waals surface area contributed by atoms with Crippen molar-refractivity contribution in [2.24, 2.45) is 5.16 Å². The van der Waals surface area contributed by atoms with Gasteiger partial charge in [-0.05, 0) is 20.3 Å². The number of nitrogen functional groups attached to an aromatic ring is 1. The average molecular weight is 449 g/mol. The second-order valence-corrected chi connectivity index (χ2v) is 8.63. The molecule has 0 radical (unpaired) electrons. The van der Waals surface area contributed by atoms with E-state index in [-0.39, 0.29) is 21.6 Å². The predicted octanol–water partition coefficient (Wildman–Crippen LogP) is -0.782. The van der Waals surface area contributed by atoms with E-state index in [1.807, 2.05) is 0 Å². The number of carboxylic acid groups (broad SMARTS) is 1. The van der Waals surface area contributed by atoms with Gasteiger partial charge in [-0.3, -0.25) is 14.1 Å². The molecule has 2 heterocycles. The highest BCUT2D eigenvalue weighted by atomic mass is 32.2. The molecule has 1 aromatic rings. The SMILES string of the molecule is CC[C@H]1[C@H](NC(=O)C(=NOC(C)(C)C(=O)O)c2csc(N)n2)C(=O)N1S(=O)(=O)O. The third-order valence-corrected chi connectivity index (χ3v) is 5.60. The number of carbonyl (C=O) groups is 3. The molecular weight excluding hydrogens is 430 g/mol. The van der Waals surface area contributed by atoms with Crippen molar-refractivity contribution < 1.29 is 37.3 Å². The van der Waals surface area contributed by atoms with Gasteiger partial charge in [0.05, 0.1) is 6.04 Å². The number of hydrogen-bond donors (Lipinski definition) is 4. The first-order valence-electron chi connectivity index (χ1n) is 8.12. The summed E-state index contributed by atoms with van der Waals surface area (Å²) in [5.74, 6) is -3.34. The predicted molar refractivity (Wildman–Crippen MR) is 100 cm³/mol. The van der Waals surface area contributed by atoms with Crippen molar-refractivity contribution >= 4 is 50.3 Å². The van der Waals surface area contributed by atoms with Crippen molar-refractivity contribution in [3.8, 4) is 0 Å². The Morgan fingerprint density at radius 1 is 1.48 bits per heavy atom. The molecule has 0 unspecified atom stereocenters. The molecule has 0 aliphatic carbocycles. The van der Waals surface area contributed by atoms with Crippen molar-refractivity contribution in [3.05, 3.63) is 11.1 Å². The maximum Gasteiger partial charge on any atom is 0.362 e. The molecule has 2 rings (SSSR count). The maximum atomic E-state index is 12.7. The largest absolute Gasteiger partial charge is 0.478 e. The number of carbonyl (C=O) groups excluding carboxylic acids is 2. The summed E-state index contributed by atoms with van der Waals surface area (Å²) in [5, 5.41) is 16.5. The maximum absolute atomic E-state index is 12.7. The molecule has 0 bridgehead atoms. The first kappa shape index (κ1) is 22.5. The quantitative estimate of drug-likeness (QED) is 0.169. The lowest BCUT2D eigenvalue weighted by Gasteiger charge is -2.43. The van der Waals surface area contributed by atoms with Gasteiger partial charge in [0.15, 0.2) is 10.8 Å². The minimum absolute atomic E-state index is 0.0300. The fourth-order valence-corrected chi connectivity index (χ4v) is 3.87. The molecule has 5 N–H and O–H groups in total. The van der Waals surface area contributed by atoms with Crippen molar-refractivity contribution in [3.63, 3.8) is 0 Å². The van der Waals surface area contributed by atoms with Gasteiger partial charge < -0.3 is 21.0 Å². The summed E-state index contributed by atoms with van der Waals surface area (Å²) in [6, 6.07) is -2.25. The lowest BCUT2D eigenvalue weighted by atomic mass is 9.96. The van der Waals surface area contributed by atoms with E-state index < -0.39 is 51.5 Å². The van der Waals surface area contributed by atoms with Crippen LogP contribution in [0, 0.1) is 0 Å². The molecule has 1 aliphatic heterocycles. The summed E-state index contributed by atoms with van der Waals surface area (Å²) >= 11 is 0.984. The number of rotatable bonds is 8. The van der Waals surface area contributed by atoms with Crippen LogP contribution in [0.25, 0.3) is 0 Å². The van der Waals surface area contributed by atoms with Gasteiger partial charge in [-0.2, -0.15) is 8.42 Å². The molecule has 15 heteroatoms. The van der Waals surface area contributed by atoms with E-state index in [2.05, 4.69) is 15.5 Å². The summed E-state index contributed by atoms with van der Waals surface area (Å²) in [4.78, 5) is 44.8. The lowest BCUT2D eigenvalue weighted by Crippen LogP contribution is -2.72. The number of oxime groups is 1. The zero-order valence-corrected chi connectivity index (χ0v) is 17.2. The standard InChI is InChI=1S/C14H19N5O8S2/c1-4-7-9(11(21)19(7)29(24,25)26)17-10(20)8(6-5-28-13(15)16-6)18-27-14(2,3)12(22)23/h5,7,9H,4H2,1-3H3,(H2,15,16)(H,17,20)(H,22,23)(H,24,25,26)/t7-,9-/m0/s1.